The van der Waals surface area contributed by atoms with E-state index in [2.05, 4.69) is 16.7 Å². The lowest BCUT2D eigenvalue weighted by atomic mass is 9.91. The van der Waals surface area contributed by atoms with Crippen LogP contribution < -0.4 is 15.5 Å². The molecular weight excluding hydrogens is 365 g/mol. The van der Waals surface area contributed by atoms with Crippen LogP contribution in [0.2, 0.25) is 0 Å². The molecule has 29 heavy (non-hydrogen) atoms. The van der Waals surface area contributed by atoms with Crippen LogP contribution in [0.3, 0.4) is 0 Å². The summed E-state index contributed by atoms with van der Waals surface area (Å²) in [5.74, 6) is 1.46. The van der Waals surface area contributed by atoms with Crippen LogP contribution in [0.15, 0.2) is 48.5 Å². The Balaban J connectivity index is 1.35. The highest BCUT2D eigenvalue weighted by Gasteiger charge is 2.22. The topological polar surface area (TPSA) is 53.1 Å². The van der Waals surface area contributed by atoms with Gasteiger partial charge in [-0.3, -0.25) is 0 Å². The van der Waals surface area contributed by atoms with Crippen LogP contribution in [0.1, 0.15) is 31.2 Å². The maximum Gasteiger partial charge on any atom is 0.225 e. The van der Waals surface area contributed by atoms with Crippen molar-refractivity contribution in [2.45, 2.75) is 44.3 Å². The number of hydrogen-bond acceptors (Lipinski definition) is 5. The van der Waals surface area contributed by atoms with Gasteiger partial charge in [-0.25, -0.2) is 9.37 Å². The maximum atomic E-state index is 13.3. The smallest absolute Gasteiger partial charge is 0.225 e. The van der Waals surface area contributed by atoms with Crippen LogP contribution in [-0.4, -0.2) is 36.1 Å². The Morgan fingerprint density at radius 3 is 2.48 bits per heavy atom. The summed E-state index contributed by atoms with van der Waals surface area (Å²) in [5.41, 5.74) is 1.95. The minimum Gasteiger partial charge on any atom is -0.362 e. The van der Waals surface area contributed by atoms with E-state index in [0.29, 0.717) is 24.6 Å². The molecule has 0 bridgehead atoms. The average molecular weight is 394 g/mol. The number of halogens is 1. The summed E-state index contributed by atoms with van der Waals surface area (Å²) in [7, 11) is 4.02. The standard InChI is InChI=1S/C23H28FN5/c1-29(2)22-20-8-3-4-9-21(20)27-23(28-22)26-19-12-10-18(11-13-19)25-15-16-6-5-7-17(24)14-16/h3-9,14,18-19,25H,10-13,15H2,1-2H3,(H,26,27,28). The molecule has 1 aliphatic carbocycles. The van der Waals surface area contributed by atoms with E-state index in [1.807, 2.05) is 43.3 Å². The summed E-state index contributed by atoms with van der Waals surface area (Å²) in [6.07, 6.45) is 4.30. The summed E-state index contributed by atoms with van der Waals surface area (Å²) >= 11 is 0. The zero-order valence-electron chi connectivity index (χ0n) is 17.0. The Bertz CT molecular complexity index is 966. The van der Waals surface area contributed by atoms with E-state index in [4.69, 9.17) is 9.97 Å². The minimum absolute atomic E-state index is 0.176. The molecule has 0 aliphatic heterocycles. The first-order valence-corrected chi connectivity index (χ1v) is 10.3. The zero-order chi connectivity index (χ0) is 20.2. The molecule has 2 aromatic carbocycles. The second kappa shape index (κ2) is 8.74. The molecule has 1 fully saturated rings. The second-order valence-electron chi connectivity index (χ2n) is 7.99. The van der Waals surface area contributed by atoms with Crippen molar-refractivity contribution in [1.82, 2.24) is 15.3 Å². The Morgan fingerprint density at radius 2 is 1.72 bits per heavy atom. The first kappa shape index (κ1) is 19.6. The van der Waals surface area contributed by atoms with Crippen LogP contribution >= 0.6 is 0 Å². The van der Waals surface area contributed by atoms with Crippen LogP contribution in [0.5, 0.6) is 0 Å². The molecule has 0 amide bonds. The van der Waals surface area contributed by atoms with Crippen molar-refractivity contribution in [3.05, 3.63) is 59.9 Å². The second-order valence-corrected chi connectivity index (χ2v) is 7.99. The first-order valence-electron chi connectivity index (χ1n) is 10.3. The lowest BCUT2D eigenvalue weighted by molar-refractivity contribution is 0.352. The molecule has 0 spiro atoms. The fourth-order valence-corrected chi connectivity index (χ4v) is 4.00. The van der Waals surface area contributed by atoms with Gasteiger partial charge in [-0.1, -0.05) is 24.3 Å². The molecule has 2 N–H and O–H groups in total. The highest BCUT2D eigenvalue weighted by atomic mass is 19.1. The maximum absolute atomic E-state index is 13.3. The summed E-state index contributed by atoms with van der Waals surface area (Å²) in [5, 5.41) is 8.17. The van der Waals surface area contributed by atoms with Gasteiger partial charge in [0, 0.05) is 38.1 Å². The molecule has 5 nitrogen and oxygen atoms in total. The van der Waals surface area contributed by atoms with E-state index >= 15 is 0 Å². The number of para-hydroxylation sites is 1. The molecule has 0 radical (unpaired) electrons. The van der Waals surface area contributed by atoms with Gasteiger partial charge >= 0.3 is 0 Å². The molecule has 3 aromatic rings. The molecule has 6 heteroatoms. The molecule has 0 saturated heterocycles. The Hall–Kier alpha value is -2.73. The molecular formula is C23H28FN5. The van der Waals surface area contributed by atoms with Gasteiger partial charge in [-0.15, -0.1) is 0 Å². The third-order valence-corrected chi connectivity index (χ3v) is 5.55. The predicted molar refractivity (Wildman–Crippen MR) is 117 cm³/mol. The van der Waals surface area contributed by atoms with E-state index in [0.717, 1.165) is 48.0 Å². The molecule has 1 aromatic heterocycles. The number of hydrogen-bond donors (Lipinski definition) is 2. The van der Waals surface area contributed by atoms with E-state index in [-0.39, 0.29) is 5.82 Å². The van der Waals surface area contributed by atoms with E-state index < -0.39 is 0 Å². The van der Waals surface area contributed by atoms with Crippen molar-refractivity contribution in [3.8, 4) is 0 Å². The molecule has 152 valence electrons. The van der Waals surface area contributed by atoms with Crippen LogP contribution in [-0.2, 0) is 6.54 Å². The van der Waals surface area contributed by atoms with Gasteiger partial charge in [0.2, 0.25) is 5.95 Å². The summed E-state index contributed by atoms with van der Waals surface area (Å²) in [4.78, 5) is 11.5. The largest absolute Gasteiger partial charge is 0.362 e. The number of rotatable bonds is 6. The van der Waals surface area contributed by atoms with Gasteiger partial charge in [0.05, 0.1) is 5.52 Å². The monoisotopic (exact) mass is 393 g/mol. The molecule has 0 unspecified atom stereocenters. The number of aromatic nitrogens is 2. The number of benzene rings is 2. The fraction of sp³-hybridized carbons (Fsp3) is 0.391. The number of nitrogens with zero attached hydrogens (tertiary/aromatic N) is 3. The summed E-state index contributed by atoms with van der Waals surface area (Å²) in [6, 6.07) is 15.8. The molecule has 4 rings (SSSR count). The van der Waals surface area contributed by atoms with E-state index in [9.17, 15) is 4.39 Å². The van der Waals surface area contributed by atoms with Crippen LogP contribution in [0.4, 0.5) is 16.2 Å². The molecule has 1 heterocycles. The van der Waals surface area contributed by atoms with Crippen LogP contribution in [0, 0.1) is 5.82 Å². The third kappa shape index (κ3) is 4.82. The fourth-order valence-electron chi connectivity index (χ4n) is 4.00. The van der Waals surface area contributed by atoms with Gasteiger partial charge in [0.1, 0.15) is 11.6 Å². The normalized spacial score (nSPS) is 19.3. The van der Waals surface area contributed by atoms with Gasteiger partial charge in [-0.2, -0.15) is 4.98 Å². The SMILES string of the molecule is CN(C)c1nc(NC2CCC(NCc3cccc(F)c3)CC2)nc2ccccc12. The Labute approximate surface area is 171 Å². The van der Waals surface area contributed by atoms with Gasteiger partial charge in [-0.05, 0) is 55.5 Å². The highest BCUT2D eigenvalue weighted by molar-refractivity contribution is 5.90. The first-order chi connectivity index (χ1) is 14.1. The van der Waals surface area contributed by atoms with Gasteiger partial charge < -0.3 is 15.5 Å². The van der Waals surface area contributed by atoms with E-state index in [1.54, 1.807) is 12.1 Å². The van der Waals surface area contributed by atoms with Crippen LogP contribution in [0.25, 0.3) is 10.9 Å². The third-order valence-electron chi connectivity index (χ3n) is 5.55. The van der Waals surface area contributed by atoms with E-state index in [1.165, 1.54) is 6.07 Å². The molecule has 0 atom stereocenters. The number of anilines is 2. The van der Waals surface area contributed by atoms with Crippen molar-refractivity contribution >= 4 is 22.7 Å². The molecule has 1 saturated carbocycles. The van der Waals surface area contributed by atoms with Crippen molar-refractivity contribution in [2.75, 3.05) is 24.3 Å². The van der Waals surface area contributed by atoms with Crippen molar-refractivity contribution in [1.29, 1.82) is 0 Å². The Morgan fingerprint density at radius 1 is 0.966 bits per heavy atom. The summed E-state index contributed by atoms with van der Waals surface area (Å²) in [6.45, 7) is 0.709. The van der Waals surface area contributed by atoms with Crippen molar-refractivity contribution in [2.24, 2.45) is 0 Å². The Kier molecular flexibility index (Phi) is 5.90. The lowest BCUT2D eigenvalue weighted by Crippen LogP contribution is -2.37. The molecule has 1 aliphatic rings. The number of fused-ring (bicyclic) bond motifs is 1. The van der Waals surface area contributed by atoms with Crippen molar-refractivity contribution < 1.29 is 4.39 Å². The quantitative estimate of drug-likeness (QED) is 0.652. The van der Waals surface area contributed by atoms with Crippen molar-refractivity contribution in [3.63, 3.8) is 0 Å². The lowest BCUT2D eigenvalue weighted by Gasteiger charge is -2.30. The number of nitrogens with one attached hydrogen (secondary N) is 2. The summed E-state index contributed by atoms with van der Waals surface area (Å²) < 4.78 is 13.3. The minimum atomic E-state index is -0.176. The van der Waals surface area contributed by atoms with Gasteiger partial charge in [0.25, 0.3) is 0 Å². The highest BCUT2D eigenvalue weighted by Crippen LogP contribution is 2.26. The zero-order valence-corrected chi connectivity index (χ0v) is 17.0. The predicted octanol–water partition coefficient (Wildman–Crippen LogP) is 4.35. The van der Waals surface area contributed by atoms with Gasteiger partial charge in [0.15, 0.2) is 0 Å². The average Bonchev–Trinajstić information content (AvgIpc) is 2.72.